The zero-order valence-electron chi connectivity index (χ0n) is 9.22. The van der Waals surface area contributed by atoms with Crippen LogP contribution in [0.4, 0.5) is 0 Å². The second-order valence-corrected chi connectivity index (χ2v) is 4.05. The summed E-state index contributed by atoms with van der Waals surface area (Å²) in [4.78, 5) is 4.27. The molecule has 4 heteroatoms. The minimum Gasteiger partial charge on any atom is -0.484 e. The summed E-state index contributed by atoms with van der Waals surface area (Å²) in [7, 11) is 0. The summed E-state index contributed by atoms with van der Waals surface area (Å²) in [6.07, 6.45) is 0. The van der Waals surface area contributed by atoms with E-state index in [1.54, 1.807) is 0 Å². The molecule has 0 fully saturated rings. The van der Waals surface area contributed by atoms with Crippen molar-refractivity contribution in [2.75, 3.05) is 19.8 Å². The Balaban J connectivity index is 1.90. The van der Waals surface area contributed by atoms with Gasteiger partial charge in [-0.3, -0.25) is 0 Å². The van der Waals surface area contributed by atoms with Crippen LogP contribution < -0.4 is 4.74 Å². The predicted molar refractivity (Wildman–Crippen MR) is 60.8 cm³/mol. The van der Waals surface area contributed by atoms with Crippen molar-refractivity contribution in [1.82, 2.24) is 0 Å². The maximum atomic E-state index is 9.10. The van der Waals surface area contributed by atoms with E-state index >= 15 is 0 Å². The van der Waals surface area contributed by atoms with E-state index in [4.69, 9.17) is 14.6 Å². The number of aliphatic hydroxyl groups is 1. The van der Waals surface area contributed by atoms with Crippen molar-refractivity contribution in [3.05, 3.63) is 30.3 Å². The molecule has 1 heterocycles. The molecule has 16 heavy (non-hydrogen) atoms. The highest BCUT2D eigenvalue weighted by Gasteiger charge is 2.30. The SMILES string of the molecule is C[C@]1(CO)COC(COc2ccccc2)=N1. The smallest absolute Gasteiger partial charge is 0.223 e. The van der Waals surface area contributed by atoms with Gasteiger partial charge in [0.15, 0.2) is 6.61 Å². The average Bonchev–Trinajstić information content (AvgIpc) is 2.71. The molecular weight excluding hydrogens is 206 g/mol. The van der Waals surface area contributed by atoms with Crippen LogP contribution in [-0.4, -0.2) is 36.4 Å². The Hall–Kier alpha value is -1.55. The third-order valence-electron chi connectivity index (χ3n) is 2.39. The first-order chi connectivity index (χ1) is 7.72. The van der Waals surface area contributed by atoms with Crippen LogP contribution in [0.5, 0.6) is 5.75 Å². The lowest BCUT2D eigenvalue weighted by atomic mass is 10.1. The molecule has 4 nitrogen and oxygen atoms in total. The lowest BCUT2D eigenvalue weighted by molar-refractivity contribution is 0.167. The van der Waals surface area contributed by atoms with Gasteiger partial charge in [-0.05, 0) is 19.1 Å². The first kappa shape index (κ1) is 11.0. The molecule has 1 atom stereocenters. The van der Waals surface area contributed by atoms with Crippen molar-refractivity contribution in [2.45, 2.75) is 12.5 Å². The lowest BCUT2D eigenvalue weighted by Crippen LogP contribution is -2.28. The van der Waals surface area contributed by atoms with E-state index in [-0.39, 0.29) is 6.61 Å². The molecule has 2 rings (SSSR count). The number of aliphatic imine (C=N–C) groups is 1. The number of hydrogen-bond donors (Lipinski definition) is 1. The van der Waals surface area contributed by atoms with Crippen molar-refractivity contribution in [1.29, 1.82) is 0 Å². The maximum Gasteiger partial charge on any atom is 0.223 e. The summed E-state index contributed by atoms with van der Waals surface area (Å²) in [5.74, 6) is 1.33. The minimum absolute atomic E-state index is 0.0121. The average molecular weight is 221 g/mol. The van der Waals surface area contributed by atoms with E-state index in [0.717, 1.165) is 5.75 Å². The second kappa shape index (κ2) is 4.53. The largest absolute Gasteiger partial charge is 0.484 e. The summed E-state index contributed by atoms with van der Waals surface area (Å²) in [6, 6.07) is 9.50. The van der Waals surface area contributed by atoms with Crippen LogP contribution in [-0.2, 0) is 4.74 Å². The fourth-order valence-corrected chi connectivity index (χ4v) is 1.42. The zero-order chi connectivity index (χ0) is 11.4. The van der Waals surface area contributed by atoms with Crippen LogP contribution in [0.25, 0.3) is 0 Å². The van der Waals surface area contributed by atoms with Crippen molar-refractivity contribution in [3.8, 4) is 5.75 Å². The van der Waals surface area contributed by atoms with Gasteiger partial charge in [0.2, 0.25) is 5.90 Å². The number of para-hydroxylation sites is 1. The maximum absolute atomic E-state index is 9.10. The molecular formula is C12H15NO3. The molecule has 86 valence electrons. The van der Waals surface area contributed by atoms with Gasteiger partial charge in [-0.15, -0.1) is 0 Å². The van der Waals surface area contributed by atoms with E-state index in [2.05, 4.69) is 4.99 Å². The molecule has 0 radical (unpaired) electrons. The summed E-state index contributed by atoms with van der Waals surface area (Å²) < 4.78 is 10.8. The highest BCUT2D eigenvalue weighted by molar-refractivity contribution is 5.79. The van der Waals surface area contributed by atoms with Gasteiger partial charge in [0.05, 0.1) is 6.61 Å². The summed E-state index contributed by atoms with van der Waals surface area (Å²) in [6.45, 7) is 2.56. The number of aliphatic hydroxyl groups excluding tert-OH is 1. The van der Waals surface area contributed by atoms with E-state index in [1.165, 1.54) is 0 Å². The lowest BCUT2D eigenvalue weighted by Gasteiger charge is -2.12. The van der Waals surface area contributed by atoms with E-state index in [1.807, 2.05) is 37.3 Å². The summed E-state index contributed by atoms with van der Waals surface area (Å²) in [5, 5.41) is 9.10. The van der Waals surface area contributed by atoms with E-state index < -0.39 is 5.54 Å². The van der Waals surface area contributed by atoms with Crippen molar-refractivity contribution < 1.29 is 14.6 Å². The molecule has 0 aromatic heterocycles. The molecule has 0 spiro atoms. The first-order valence-electron chi connectivity index (χ1n) is 5.22. The Kier molecular flexibility index (Phi) is 3.10. The minimum atomic E-state index is -0.505. The fraction of sp³-hybridized carbons (Fsp3) is 0.417. The Bertz CT molecular complexity index is 377. The van der Waals surface area contributed by atoms with Gasteiger partial charge in [-0.2, -0.15) is 0 Å². The third kappa shape index (κ3) is 2.52. The second-order valence-electron chi connectivity index (χ2n) is 4.05. The van der Waals surface area contributed by atoms with E-state index in [0.29, 0.717) is 19.1 Å². The zero-order valence-corrected chi connectivity index (χ0v) is 9.22. The van der Waals surface area contributed by atoms with Crippen LogP contribution >= 0.6 is 0 Å². The predicted octanol–water partition coefficient (Wildman–Crippen LogP) is 1.25. The van der Waals surface area contributed by atoms with Gasteiger partial charge in [-0.1, -0.05) is 18.2 Å². The number of nitrogens with zero attached hydrogens (tertiary/aromatic N) is 1. The van der Waals surface area contributed by atoms with Crippen LogP contribution in [0, 0.1) is 0 Å². The molecule has 0 saturated heterocycles. The Morgan fingerprint density at radius 1 is 1.44 bits per heavy atom. The van der Waals surface area contributed by atoms with E-state index in [9.17, 15) is 0 Å². The molecule has 1 aromatic carbocycles. The molecule has 1 N–H and O–H groups in total. The molecule has 0 unspecified atom stereocenters. The Morgan fingerprint density at radius 2 is 2.19 bits per heavy atom. The summed E-state index contributed by atoms with van der Waals surface area (Å²) in [5.41, 5.74) is -0.505. The van der Waals surface area contributed by atoms with Crippen molar-refractivity contribution >= 4 is 5.90 Å². The Labute approximate surface area is 94.5 Å². The molecule has 1 aromatic rings. The molecule has 1 aliphatic rings. The molecule has 0 bridgehead atoms. The Morgan fingerprint density at radius 3 is 2.81 bits per heavy atom. The number of benzene rings is 1. The first-order valence-corrected chi connectivity index (χ1v) is 5.22. The standard InChI is InChI=1S/C12H15NO3/c1-12(8-14)9-16-11(13-12)7-15-10-5-3-2-4-6-10/h2-6,14H,7-9H2,1H3/t12-/m0/s1. The number of rotatable bonds is 4. The normalized spacial score (nSPS) is 23.8. The number of ether oxygens (including phenoxy) is 2. The molecule has 0 saturated carbocycles. The van der Waals surface area contributed by atoms with Gasteiger partial charge < -0.3 is 14.6 Å². The van der Waals surface area contributed by atoms with Gasteiger partial charge >= 0.3 is 0 Å². The molecule has 0 amide bonds. The highest BCUT2D eigenvalue weighted by Crippen LogP contribution is 2.18. The topological polar surface area (TPSA) is 51.0 Å². The van der Waals surface area contributed by atoms with Gasteiger partial charge in [0.25, 0.3) is 0 Å². The quantitative estimate of drug-likeness (QED) is 0.832. The van der Waals surface area contributed by atoms with Crippen molar-refractivity contribution in [2.24, 2.45) is 4.99 Å². The van der Waals surface area contributed by atoms with Gasteiger partial charge in [0, 0.05) is 0 Å². The number of hydrogen-bond acceptors (Lipinski definition) is 4. The molecule has 0 aliphatic carbocycles. The highest BCUT2D eigenvalue weighted by atomic mass is 16.5. The fourth-order valence-electron chi connectivity index (χ4n) is 1.42. The third-order valence-corrected chi connectivity index (χ3v) is 2.39. The van der Waals surface area contributed by atoms with Crippen LogP contribution in [0.2, 0.25) is 0 Å². The van der Waals surface area contributed by atoms with Crippen LogP contribution in [0.1, 0.15) is 6.92 Å². The van der Waals surface area contributed by atoms with Crippen LogP contribution in [0.15, 0.2) is 35.3 Å². The van der Waals surface area contributed by atoms with Crippen LogP contribution in [0.3, 0.4) is 0 Å². The monoisotopic (exact) mass is 221 g/mol. The van der Waals surface area contributed by atoms with Gasteiger partial charge in [0.1, 0.15) is 17.9 Å². The summed E-state index contributed by atoms with van der Waals surface area (Å²) >= 11 is 0. The van der Waals surface area contributed by atoms with Crippen molar-refractivity contribution in [3.63, 3.8) is 0 Å². The molecule has 1 aliphatic heterocycles. The van der Waals surface area contributed by atoms with Gasteiger partial charge in [-0.25, -0.2) is 4.99 Å².